The molecule has 0 spiro atoms. The van der Waals surface area contributed by atoms with E-state index in [1.54, 1.807) is 0 Å². The van der Waals surface area contributed by atoms with Crippen molar-refractivity contribution < 1.29 is 0 Å². The van der Waals surface area contributed by atoms with Crippen molar-refractivity contribution >= 4 is 76.2 Å². The number of para-hydroxylation sites is 4. The summed E-state index contributed by atoms with van der Waals surface area (Å²) in [4.78, 5) is 0. The van der Waals surface area contributed by atoms with E-state index in [-0.39, 0.29) is 0 Å². The van der Waals surface area contributed by atoms with Crippen LogP contribution < -0.4 is 0 Å². The quantitative estimate of drug-likeness (QED) is 0.174. The van der Waals surface area contributed by atoms with E-state index in [2.05, 4.69) is 214 Å². The minimum absolute atomic E-state index is 1.15. The molecule has 0 aliphatic heterocycles. The van der Waals surface area contributed by atoms with Crippen molar-refractivity contribution in [2.24, 2.45) is 0 Å². The van der Waals surface area contributed by atoms with E-state index >= 15 is 0 Å². The molecule has 0 unspecified atom stereocenters. The molecule has 0 N–H and O–H groups in total. The van der Waals surface area contributed by atoms with Gasteiger partial charge in [0.2, 0.25) is 0 Å². The molecule has 0 atom stereocenters. The molecule has 3 nitrogen and oxygen atoms in total. The van der Waals surface area contributed by atoms with Crippen molar-refractivity contribution in [2.45, 2.75) is 0 Å². The van der Waals surface area contributed by atoms with Gasteiger partial charge in [0.05, 0.1) is 33.1 Å². The predicted molar refractivity (Wildman–Crippen MR) is 232 cm³/mol. The van der Waals surface area contributed by atoms with E-state index in [9.17, 15) is 0 Å². The predicted octanol–water partition coefficient (Wildman–Crippen LogP) is 13.8. The molecule has 0 amide bonds. The van der Waals surface area contributed by atoms with Crippen molar-refractivity contribution in [1.82, 2.24) is 13.7 Å². The van der Waals surface area contributed by atoms with Gasteiger partial charge in [-0.3, -0.25) is 0 Å². The number of benzene rings is 9. The van der Waals surface area contributed by atoms with Crippen LogP contribution in [0.1, 0.15) is 0 Å². The zero-order chi connectivity index (χ0) is 36.0. The van der Waals surface area contributed by atoms with Crippen LogP contribution in [-0.2, 0) is 0 Å². The SMILES string of the molecule is c1ccc(-n2c3ccccc3c3ccc(-c4ccc(-n5c6ccccc6c6c7c8ccccc8n(-c8ccc9ccccc9c8)c7ccc65)cc4)cc32)cc1. The number of hydrogen-bond donors (Lipinski definition) is 0. The Labute approximate surface area is 317 Å². The topological polar surface area (TPSA) is 14.8 Å². The van der Waals surface area contributed by atoms with Crippen LogP contribution in [0.15, 0.2) is 200 Å². The third kappa shape index (κ3) is 4.38. The highest BCUT2D eigenvalue weighted by Crippen LogP contribution is 2.43. The highest BCUT2D eigenvalue weighted by Gasteiger charge is 2.21. The summed E-state index contributed by atoms with van der Waals surface area (Å²) in [5.74, 6) is 0. The third-order valence-electron chi connectivity index (χ3n) is 11.6. The first-order valence-corrected chi connectivity index (χ1v) is 18.9. The fraction of sp³-hybridized carbons (Fsp3) is 0. The summed E-state index contributed by atoms with van der Waals surface area (Å²) >= 11 is 0. The van der Waals surface area contributed by atoms with Gasteiger partial charge in [-0.2, -0.15) is 0 Å². The first-order valence-electron chi connectivity index (χ1n) is 18.9. The maximum atomic E-state index is 2.44. The van der Waals surface area contributed by atoms with E-state index < -0.39 is 0 Å². The van der Waals surface area contributed by atoms with Gasteiger partial charge in [-0.05, 0) is 94.7 Å². The highest BCUT2D eigenvalue weighted by molar-refractivity contribution is 6.29. The van der Waals surface area contributed by atoms with Gasteiger partial charge in [-0.25, -0.2) is 0 Å². The van der Waals surface area contributed by atoms with E-state index in [1.165, 1.54) is 98.7 Å². The lowest BCUT2D eigenvalue weighted by Crippen LogP contribution is -1.95. The minimum Gasteiger partial charge on any atom is -0.309 e. The van der Waals surface area contributed by atoms with Crippen molar-refractivity contribution in [3.05, 3.63) is 200 Å². The van der Waals surface area contributed by atoms with E-state index in [1.807, 2.05) is 0 Å². The Balaban J connectivity index is 1.04. The lowest BCUT2D eigenvalue weighted by Gasteiger charge is -2.11. The molecule has 0 aliphatic carbocycles. The number of fused-ring (bicyclic) bond motifs is 11. The standard InChI is InChI=1S/C52H33N3/c1-2-14-38(15-3-1)54-45-19-9-6-16-41(45)42-29-25-37(33-50(42)54)35-22-26-39(27-23-35)53-46-20-10-7-17-43(46)51-48(53)30-31-49-52(51)44-18-8-11-21-47(44)55(49)40-28-24-34-12-4-5-13-36(34)32-40/h1-33H. The molecule has 3 heterocycles. The van der Waals surface area contributed by atoms with Crippen LogP contribution in [0.2, 0.25) is 0 Å². The summed E-state index contributed by atoms with van der Waals surface area (Å²) in [5, 5.41) is 10.1. The van der Waals surface area contributed by atoms with Crippen LogP contribution in [0.25, 0.3) is 104 Å². The number of aromatic nitrogens is 3. The number of hydrogen-bond acceptors (Lipinski definition) is 0. The van der Waals surface area contributed by atoms with Crippen molar-refractivity contribution in [1.29, 1.82) is 0 Å². The highest BCUT2D eigenvalue weighted by atomic mass is 15.0. The van der Waals surface area contributed by atoms with Crippen LogP contribution in [0.4, 0.5) is 0 Å². The summed E-state index contributed by atoms with van der Waals surface area (Å²) in [7, 11) is 0. The molecule has 0 saturated carbocycles. The molecule has 0 aliphatic rings. The molecule has 0 radical (unpaired) electrons. The van der Waals surface area contributed by atoms with Crippen LogP contribution >= 0.6 is 0 Å². The first kappa shape index (κ1) is 30.1. The summed E-state index contributed by atoms with van der Waals surface area (Å²) in [5.41, 5.74) is 13.1. The Bertz CT molecular complexity index is 3470. The summed E-state index contributed by atoms with van der Waals surface area (Å²) in [6, 6.07) is 73.2. The van der Waals surface area contributed by atoms with Crippen LogP contribution in [0.3, 0.4) is 0 Å². The Kier molecular flexibility index (Phi) is 6.34. The Morgan fingerprint density at radius 1 is 0.236 bits per heavy atom. The normalized spacial score (nSPS) is 12.0. The molecule has 0 fully saturated rings. The molecule has 55 heavy (non-hydrogen) atoms. The lowest BCUT2D eigenvalue weighted by atomic mass is 10.0. The van der Waals surface area contributed by atoms with Crippen LogP contribution in [0.5, 0.6) is 0 Å². The van der Waals surface area contributed by atoms with Gasteiger partial charge in [0.25, 0.3) is 0 Å². The van der Waals surface area contributed by atoms with Crippen LogP contribution in [-0.4, -0.2) is 13.7 Å². The van der Waals surface area contributed by atoms with Gasteiger partial charge in [-0.15, -0.1) is 0 Å². The molecule has 12 aromatic rings. The van der Waals surface area contributed by atoms with Gasteiger partial charge in [0.15, 0.2) is 0 Å². The fourth-order valence-corrected chi connectivity index (χ4v) is 9.20. The summed E-state index contributed by atoms with van der Waals surface area (Å²) in [6.07, 6.45) is 0. The van der Waals surface area contributed by atoms with Gasteiger partial charge < -0.3 is 13.7 Å². The molecule has 256 valence electrons. The second-order valence-electron chi connectivity index (χ2n) is 14.6. The molecule has 0 saturated heterocycles. The Hall–Kier alpha value is -7.36. The Morgan fingerprint density at radius 3 is 1.40 bits per heavy atom. The average Bonchev–Trinajstić information content (AvgIpc) is 3.89. The molecule has 9 aromatic carbocycles. The van der Waals surface area contributed by atoms with Gasteiger partial charge in [0, 0.05) is 49.4 Å². The summed E-state index contributed by atoms with van der Waals surface area (Å²) in [6.45, 7) is 0. The zero-order valence-electron chi connectivity index (χ0n) is 29.9. The first-order chi connectivity index (χ1) is 27.3. The van der Waals surface area contributed by atoms with Crippen molar-refractivity contribution in [2.75, 3.05) is 0 Å². The number of nitrogens with zero attached hydrogens (tertiary/aromatic N) is 3. The molecule has 12 rings (SSSR count). The molecular weight excluding hydrogens is 667 g/mol. The maximum Gasteiger partial charge on any atom is 0.0548 e. The summed E-state index contributed by atoms with van der Waals surface area (Å²) < 4.78 is 7.26. The zero-order valence-corrected chi connectivity index (χ0v) is 29.9. The maximum absolute atomic E-state index is 2.44. The number of rotatable bonds is 4. The molecule has 3 aromatic heterocycles. The monoisotopic (exact) mass is 699 g/mol. The second kappa shape index (κ2) is 11.6. The lowest BCUT2D eigenvalue weighted by molar-refractivity contribution is 1.17. The van der Waals surface area contributed by atoms with Crippen molar-refractivity contribution in [3.63, 3.8) is 0 Å². The fourth-order valence-electron chi connectivity index (χ4n) is 9.20. The van der Waals surface area contributed by atoms with E-state index in [0.29, 0.717) is 0 Å². The minimum atomic E-state index is 1.15. The smallest absolute Gasteiger partial charge is 0.0548 e. The molecular formula is C52H33N3. The second-order valence-corrected chi connectivity index (χ2v) is 14.6. The van der Waals surface area contributed by atoms with Gasteiger partial charge in [0.1, 0.15) is 0 Å². The van der Waals surface area contributed by atoms with E-state index in [0.717, 1.165) is 5.69 Å². The Morgan fingerprint density at radius 2 is 0.709 bits per heavy atom. The third-order valence-corrected chi connectivity index (χ3v) is 11.6. The molecule has 0 bridgehead atoms. The van der Waals surface area contributed by atoms with Crippen molar-refractivity contribution in [3.8, 4) is 28.2 Å². The van der Waals surface area contributed by atoms with Gasteiger partial charge >= 0.3 is 0 Å². The largest absolute Gasteiger partial charge is 0.309 e. The van der Waals surface area contributed by atoms with Crippen LogP contribution in [0, 0.1) is 0 Å². The van der Waals surface area contributed by atoms with Gasteiger partial charge in [-0.1, -0.05) is 127 Å². The molecule has 3 heteroatoms. The average molecular weight is 700 g/mol. The van der Waals surface area contributed by atoms with E-state index in [4.69, 9.17) is 0 Å².